The average molecular weight is 289 g/mol. The number of carboxylic acids is 1. The molecule has 4 nitrogen and oxygen atoms in total. The van der Waals surface area contributed by atoms with E-state index >= 15 is 0 Å². The fourth-order valence-electron chi connectivity index (χ4n) is 2.32. The number of hydrogen-bond acceptors (Lipinski definition) is 3. The number of ether oxygens (including phenoxy) is 1. The van der Waals surface area contributed by atoms with E-state index in [1.807, 2.05) is 0 Å². The van der Waals surface area contributed by atoms with Crippen molar-refractivity contribution in [1.29, 1.82) is 0 Å². The highest BCUT2D eigenvalue weighted by Gasteiger charge is 2.42. The van der Waals surface area contributed by atoms with Crippen LogP contribution < -0.4 is 4.74 Å². The summed E-state index contributed by atoms with van der Waals surface area (Å²) in [6, 6.07) is 1.89. The highest BCUT2D eigenvalue weighted by Crippen LogP contribution is 2.34. The van der Waals surface area contributed by atoms with Crippen LogP contribution in [0.3, 0.4) is 0 Å². The van der Waals surface area contributed by atoms with E-state index in [-0.39, 0.29) is 5.75 Å². The molecule has 1 aromatic rings. The standard InChI is InChI=1S/C13H14F3NO3/c14-13(15,16)10-5-4-9(8-17-10)20-12(11(18)19)6-2-1-3-7-12/h4-5,8H,1-3,6-7H2,(H,18,19). The van der Waals surface area contributed by atoms with Crippen molar-refractivity contribution in [3.05, 3.63) is 24.0 Å². The minimum Gasteiger partial charge on any atom is -0.478 e. The molecule has 1 fully saturated rings. The van der Waals surface area contributed by atoms with Crippen LogP contribution in [0.2, 0.25) is 0 Å². The van der Waals surface area contributed by atoms with E-state index in [0.717, 1.165) is 37.6 Å². The molecular weight excluding hydrogens is 275 g/mol. The van der Waals surface area contributed by atoms with Gasteiger partial charge in [0.05, 0.1) is 6.20 Å². The van der Waals surface area contributed by atoms with Gasteiger partial charge in [-0.05, 0) is 37.8 Å². The van der Waals surface area contributed by atoms with Crippen molar-refractivity contribution in [1.82, 2.24) is 4.98 Å². The number of nitrogens with zero attached hydrogens (tertiary/aromatic N) is 1. The summed E-state index contributed by atoms with van der Waals surface area (Å²) in [6.07, 6.45) is -0.521. The predicted octanol–water partition coefficient (Wildman–Crippen LogP) is 3.27. The summed E-state index contributed by atoms with van der Waals surface area (Å²) in [7, 11) is 0. The van der Waals surface area contributed by atoms with Crippen molar-refractivity contribution >= 4 is 5.97 Å². The van der Waals surface area contributed by atoms with E-state index in [1.165, 1.54) is 0 Å². The normalized spacial score (nSPS) is 18.6. The SMILES string of the molecule is O=C(O)C1(Oc2ccc(C(F)(F)F)nc2)CCCCC1. The molecule has 0 radical (unpaired) electrons. The smallest absolute Gasteiger partial charge is 0.433 e. The van der Waals surface area contributed by atoms with Crippen LogP contribution in [-0.4, -0.2) is 21.7 Å². The average Bonchev–Trinajstić information content (AvgIpc) is 2.39. The largest absolute Gasteiger partial charge is 0.478 e. The fraction of sp³-hybridized carbons (Fsp3) is 0.538. The fourth-order valence-corrected chi connectivity index (χ4v) is 2.32. The van der Waals surface area contributed by atoms with Gasteiger partial charge in [-0.2, -0.15) is 13.2 Å². The van der Waals surface area contributed by atoms with E-state index in [2.05, 4.69) is 4.98 Å². The van der Waals surface area contributed by atoms with Gasteiger partial charge in [0.25, 0.3) is 0 Å². The number of halogens is 3. The molecular formula is C13H14F3NO3. The number of aromatic nitrogens is 1. The zero-order valence-corrected chi connectivity index (χ0v) is 10.6. The molecule has 1 saturated carbocycles. The third-order valence-corrected chi connectivity index (χ3v) is 3.39. The summed E-state index contributed by atoms with van der Waals surface area (Å²) in [5.41, 5.74) is -2.38. The molecule has 2 rings (SSSR count). The number of alkyl halides is 3. The second-order valence-electron chi connectivity index (χ2n) is 4.84. The molecule has 0 unspecified atom stereocenters. The van der Waals surface area contributed by atoms with Gasteiger partial charge in [-0.1, -0.05) is 6.42 Å². The molecule has 0 amide bonds. The van der Waals surface area contributed by atoms with Crippen LogP contribution >= 0.6 is 0 Å². The van der Waals surface area contributed by atoms with Gasteiger partial charge in [-0.3, -0.25) is 0 Å². The van der Waals surface area contributed by atoms with E-state index in [4.69, 9.17) is 4.74 Å². The van der Waals surface area contributed by atoms with Crippen LogP contribution in [0.5, 0.6) is 5.75 Å². The lowest BCUT2D eigenvalue weighted by Gasteiger charge is -2.33. The van der Waals surface area contributed by atoms with Crippen molar-refractivity contribution in [3.63, 3.8) is 0 Å². The Morgan fingerprint density at radius 3 is 2.35 bits per heavy atom. The second kappa shape index (κ2) is 5.30. The molecule has 0 saturated heterocycles. The van der Waals surface area contributed by atoms with Gasteiger partial charge in [0.2, 0.25) is 5.60 Å². The third kappa shape index (κ3) is 3.02. The first kappa shape index (κ1) is 14.6. The Bertz CT molecular complexity index is 479. The van der Waals surface area contributed by atoms with Gasteiger partial charge in [0.15, 0.2) is 0 Å². The van der Waals surface area contributed by atoms with Gasteiger partial charge < -0.3 is 9.84 Å². The van der Waals surface area contributed by atoms with Crippen molar-refractivity contribution < 1.29 is 27.8 Å². The quantitative estimate of drug-likeness (QED) is 0.927. The number of carboxylic acid groups (broad SMARTS) is 1. The Morgan fingerprint density at radius 2 is 1.90 bits per heavy atom. The molecule has 7 heteroatoms. The molecule has 0 atom stereocenters. The van der Waals surface area contributed by atoms with Crippen LogP contribution in [0.4, 0.5) is 13.2 Å². The van der Waals surface area contributed by atoms with Crippen molar-refractivity contribution in [2.45, 2.75) is 43.9 Å². The number of carbonyl (C=O) groups is 1. The summed E-state index contributed by atoms with van der Waals surface area (Å²) in [5, 5.41) is 9.31. The number of rotatable bonds is 3. The molecule has 0 aliphatic heterocycles. The van der Waals surface area contributed by atoms with Gasteiger partial charge in [0.1, 0.15) is 11.4 Å². The third-order valence-electron chi connectivity index (χ3n) is 3.39. The molecule has 110 valence electrons. The maximum absolute atomic E-state index is 12.4. The monoisotopic (exact) mass is 289 g/mol. The number of aliphatic carboxylic acids is 1. The van der Waals surface area contributed by atoms with Crippen LogP contribution in [0.15, 0.2) is 18.3 Å². The highest BCUT2D eigenvalue weighted by atomic mass is 19.4. The van der Waals surface area contributed by atoms with Gasteiger partial charge >= 0.3 is 12.1 Å². The number of pyridine rings is 1. The van der Waals surface area contributed by atoms with Crippen LogP contribution in [-0.2, 0) is 11.0 Å². The molecule has 0 bridgehead atoms. The summed E-state index contributed by atoms with van der Waals surface area (Å²) in [4.78, 5) is 14.6. The van der Waals surface area contributed by atoms with Crippen LogP contribution in [0, 0.1) is 0 Å². The lowest BCUT2D eigenvalue weighted by atomic mass is 9.84. The zero-order valence-electron chi connectivity index (χ0n) is 10.6. The van der Waals surface area contributed by atoms with Crippen LogP contribution in [0.25, 0.3) is 0 Å². The first-order valence-corrected chi connectivity index (χ1v) is 6.29. The summed E-state index contributed by atoms with van der Waals surface area (Å²) >= 11 is 0. The minimum absolute atomic E-state index is 0.0438. The maximum atomic E-state index is 12.4. The molecule has 1 N–H and O–H groups in total. The van der Waals surface area contributed by atoms with Crippen LogP contribution in [0.1, 0.15) is 37.8 Å². The Morgan fingerprint density at radius 1 is 1.25 bits per heavy atom. The first-order valence-electron chi connectivity index (χ1n) is 6.29. The molecule has 1 heterocycles. The Hall–Kier alpha value is -1.79. The van der Waals surface area contributed by atoms with E-state index in [1.54, 1.807) is 0 Å². The van der Waals surface area contributed by atoms with Crippen molar-refractivity contribution in [3.8, 4) is 5.75 Å². The van der Waals surface area contributed by atoms with E-state index < -0.39 is 23.4 Å². The Kier molecular flexibility index (Phi) is 3.87. The first-order chi connectivity index (χ1) is 9.33. The zero-order chi connectivity index (χ0) is 14.8. The predicted molar refractivity (Wildman–Crippen MR) is 63.3 cm³/mol. The molecule has 20 heavy (non-hydrogen) atoms. The molecule has 0 spiro atoms. The Labute approximate surface area is 113 Å². The van der Waals surface area contributed by atoms with Gasteiger partial charge in [-0.15, -0.1) is 0 Å². The summed E-state index contributed by atoms with van der Waals surface area (Å²) in [5.74, 6) is -1.04. The summed E-state index contributed by atoms with van der Waals surface area (Å²) in [6.45, 7) is 0. The lowest BCUT2D eigenvalue weighted by Crippen LogP contribution is -2.46. The molecule has 1 aliphatic rings. The molecule has 1 aromatic heterocycles. The maximum Gasteiger partial charge on any atom is 0.433 e. The van der Waals surface area contributed by atoms with Gasteiger partial charge in [0, 0.05) is 0 Å². The lowest BCUT2D eigenvalue weighted by molar-refractivity contribution is -0.158. The topological polar surface area (TPSA) is 59.4 Å². The van der Waals surface area contributed by atoms with E-state index in [0.29, 0.717) is 12.8 Å². The Balaban J connectivity index is 2.17. The minimum atomic E-state index is -4.52. The van der Waals surface area contributed by atoms with Crippen molar-refractivity contribution in [2.75, 3.05) is 0 Å². The molecule has 1 aliphatic carbocycles. The highest BCUT2D eigenvalue weighted by molar-refractivity contribution is 5.78. The second-order valence-corrected chi connectivity index (χ2v) is 4.84. The van der Waals surface area contributed by atoms with Crippen molar-refractivity contribution in [2.24, 2.45) is 0 Å². The van der Waals surface area contributed by atoms with E-state index in [9.17, 15) is 23.1 Å². The summed E-state index contributed by atoms with van der Waals surface area (Å²) < 4.78 is 42.6. The van der Waals surface area contributed by atoms with Gasteiger partial charge in [-0.25, -0.2) is 9.78 Å². The molecule has 0 aromatic carbocycles. The number of hydrogen-bond donors (Lipinski definition) is 1.